The first-order chi connectivity index (χ1) is 14.2. The zero-order valence-corrected chi connectivity index (χ0v) is 18.5. The van der Waals surface area contributed by atoms with Crippen molar-refractivity contribution in [3.05, 3.63) is 33.9 Å². The Balaban J connectivity index is 1.53. The van der Waals surface area contributed by atoms with E-state index in [0.717, 1.165) is 54.6 Å². The molecule has 0 radical (unpaired) electrons. The van der Waals surface area contributed by atoms with Gasteiger partial charge in [-0.2, -0.15) is 0 Å². The number of fused-ring (bicyclic) bond motifs is 3. The van der Waals surface area contributed by atoms with Crippen LogP contribution in [0.15, 0.2) is 16.9 Å². The van der Waals surface area contributed by atoms with E-state index in [1.165, 1.54) is 18.4 Å². The molecule has 6 heteroatoms. The van der Waals surface area contributed by atoms with Gasteiger partial charge in [-0.25, -0.2) is 9.78 Å². The molecule has 2 fully saturated rings. The number of rotatable bonds is 4. The molecule has 4 heterocycles. The van der Waals surface area contributed by atoms with E-state index in [0.29, 0.717) is 17.7 Å². The van der Waals surface area contributed by atoms with Crippen molar-refractivity contribution in [3.8, 4) is 0 Å². The summed E-state index contributed by atoms with van der Waals surface area (Å²) in [5, 5.41) is 0. The summed E-state index contributed by atoms with van der Waals surface area (Å²) in [6.45, 7) is 7.45. The number of aromatic nitrogens is 3. The van der Waals surface area contributed by atoms with Crippen molar-refractivity contribution in [2.24, 2.45) is 24.3 Å². The molecule has 1 N–H and O–H groups in total. The van der Waals surface area contributed by atoms with Gasteiger partial charge >= 0.3 is 5.69 Å². The van der Waals surface area contributed by atoms with Gasteiger partial charge in [0.15, 0.2) is 5.65 Å². The summed E-state index contributed by atoms with van der Waals surface area (Å²) in [5.74, 6) is 1.29. The minimum Gasteiger partial charge on any atom is -0.336 e. The highest BCUT2D eigenvalue weighted by atomic mass is 16.2. The first-order valence-corrected chi connectivity index (χ1v) is 11.3. The number of hydrogen-bond donors (Lipinski definition) is 1. The molecule has 6 nitrogen and oxygen atoms in total. The van der Waals surface area contributed by atoms with Gasteiger partial charge < -0.3 is 9.88 Å². The van der Waals surface area contributed by atoms with E-state index in [1.54, 1.807) is 11.6 Å². The average molecular weight is 409 g/mol. The summed E-state index contributed by atoms with van der Waals surface area (Å²) < 4.78 is 1.61. The first kappa shape index (κ1) is 19.6. The summed E-state index contributed by atoms with van der Waals surface area (Å²) in [4.78, 5) is 35.1. The molecule has 2 unspecified atom stereocenters. The molecule has 2 atom stereocenters. The molecule has 6 rings (SSSR count). The minimum absolute atomic E-state index is 0.101. The molecule has 0 aromatic carbocycles. The van der Waals surface area contributed by atoms with Gasteiger partial charge in [0.1, 0.15) is 0 Å². The minimum atomic E-state index is -0.124. The maximum absolute atomic E-state index is 12.8. The third-order valence-corrected chi connectivity index (χ3v) is 6.87. The Morgan fingerprint density at radius 1 is 1.23 bits per heavy atom. The number of amides is 1. The van der Waals surface area contributed by atoms with Crippen molar-refractivity contribution in [1.82, 2.24) is 19.4 Å². The summed E-state index contributed by atoms with van der Waals surface area (Å²) in [7, 11) is 1.78. The third kappa shape index (κ3) is 3.50. The van der Waals surface area contributed by atoms with E-state index in [1.807, 2.05) is 0 Å². The van der Waals surface area contributed by atoms with Crippen LogP contribution in [0.4, 0.5) is 0 Å². The Labute approximate surface area is 177 Å². The van der Waals surface area contributed by atoms with Crippen LogP contribution in [0.25, 0.3) is 16.7 Å². The molecule has 4 aliphatic rings. The summed E-state index contributed by atoms with van der Waals surface area (Å²) >= 11 is 0. The maximum atomic E-state index is 12.8. The Bertz CT molecular complexity index is 1100. The molecular weight excluding hydrogens is 376 g/mol. The Hall–Kier alpha value is -2.37. The fraction of sp³-hybridized carbons (Fsp3) is 0.625. The lowest BCUT2D eigenvalue weighted by Gasteiger charge is -2.44. The predicted molar refractivity (Wildman–Crippen MR) is 118 cm³/mol. The number of H-pyrrole nitrogens is 1. The van der Waals surface area contributed by atoms with Crippen molar-refractivity contribution < 1.29 is 4.79 Å². The molecule has 2 aromatic rings. The Kier molecular flexibility index (Phi) is 4.46. The van der Waals surface area contributed by atoms with Gasteiger partial charge in [-0.3, -0.25) is 9.36 Å². The van der Waals surface area contributed by atoms with E-state index in [9.17, 15) is 9.59 Å². The number of pyridine rings is 1. The lowest BCUT2D eigenvalue weighted by atomic mass is 9.77. The average Bonchev–Trinajstić information content (AvgIpc) is 3.46. The number of aromatic amines is 1. The number of carbonyl (C=O) groups excluding carboxylic acids is 1. The lowest BCUT2D eigenvalue weighted by Crippen LogP contribution is -2.49. The van der Waals surface area contributed by atoms with Crippen molar-refractivity contribution in [3.63, 3.8) is 0 Å². The van der Waals surface area contributed by atoms with Crippen LogP contribution in [0.2, 0.25) is 0 Å². The zero-order valence-electron chi connectivity index (χ0n) is 18.5. The SMILES string of the molecule is Cn1c(=O)[nH]c2c(CC(C)(C)C)cc(C3=CC4CCC3CN4C(=O)CC3CC3)nc21. The number of nitrogens with one attached hydrogen (secondary N) is 1. The normalized spacial score (nSPS) is 23.9. The van der Waals surface area contributed by atoms with Crippen molar-refractivity contribution in [1.29, 1.82) is 0 Å². The first-order valence-electron chi connectivity index (χ1n) is 11.3. The summed E-state index contributed by atoms with van der Waals surface area (Å²) in [5.41, 5.74) is 4.92. The van der Waals surface area contributed by atoms with E-state index in [-0.39, 0.29) is 17.1 Å². The number of piperidine rings is 1. The molecule has 2 aliphatic carbocycles. The fourth-order valence-corrected chi connectivity index (χ4v) is 5.14. The van der Waals surface area contributed by atoms with Crippen molar-refractivity contribution in [2.45, 2.75) is 65.3 Å². The van der Waals surface area contributed by atoms with Crippen LogP contribution in [0.1, 0.15) is 64.1 Å². The second-order valence-corrected chi connectivity index (χ2v) is 10.7. The highest BCUT2D eigenvalue weighted by molar-refractivity contribution is 5.82. The van der Waals surface area contributed by atoms with Gasteiger partial charge in [0.05, 0.1) is 17.3 Å². The number of nitrogens with zero attached hydrogens (tertiary/aromatic N) is 3. The molecule has 1 saturated carbocycles. The number of aryl methyl sites for hydroxylation is 1. The highest BCUT2D eigenvalue weighted by Gasteiger charge is 2.39. The van der Waals surface area contributed by atoms with Gasteiger partial charge in [0.2, 0.25) is 5.91 Å². The van der Waals surface area contributed by atoms with Crippen molar-refractivity contribution in [2.75, 3.05) is 6.54 Å². The molecule has 2 bridgehead atoms. The van der Waals surface area contributed by atoms with E-state index in [4.69, 9.17) is 4.98 Å². The van der Waals surface area contributed by atoms with E-state index >= 15 is 0 Å². The topological polar surface area (TPSA) is 71.0 Å². The van der Waals surface area contributed by atoms with Crippen LogP contribution in [0.3, 0.4) is 0 Å². The number of hydrogen-bond acceptors (Lipinski definition) is 3. The largest absolute Gasteiger partial charge is 0.336 e. The molecular formula is C24H32N4O2. The number of carbonyl (C=O) groups is 1. The van der Waals surface area contributed by atoms with Crippen LogP contribution in [0, 0.1) is 17.3 Å². The Morgan fingerprint density at radius 3 is 2.63 bits per heavy atom. The predicted octanol–water partition coefficient (Wildman–Crippen LogP) is 3.65. The molecule has 0 spiro atoms. The second-order valence-electron chi connectivity index (χ2n) is 10.7. The smallest absolute Gasteiger partial charge is 0.327 e. The number of imidazole rings is 1. The molecule has 1 amide bonds. The molecule has 1 saturated heterocycles. The molecule has 2 aromatic heterocycles. The van der Waals surface area contributed by atoms with Gasteiger partial charge in [0, 0.05) is 25.9 Å². The van der Waals surface area contributed by atoms with Crippen LogP contribution in [-0.4, -0.2) is 37.9 Å². The monoisotopic (exact) mass is 408 g/mol. The highest BCUT2D eigenvalue weighted by Crippen LogP contribution is 2.42. The summed E-state index contributed by atoms with van der Waals surface area (Å²) in [6.07, 6.45) is 8.44. The van der Waals surface area contributed by atoms with Gasteiger partial charge in [-0.1, -0.05) is 26.8 Å². The van der Waals surface area contributed by atoms with Crippen LogP contribution >= 0.6 is 0 Å². The fourth-order valence-electron chi connectivity index (χ4n) is 5.14. The second kappa shape index (κ2) is 6.82. The van der Waals surface area contributed by atoms with Crippen molar-refractivity contribution >= 4 is 22.6 Å². The molecule has 2 aliphatic heterocycles. The maximum Gasteiger partial charge on any atom is 0.327 e. The molecule has 30 heavy (non-hydrogen) atoms. The Morgan fingerprint density at radius 2 is 2.00 bits per heavy atom. The third-order valence-electron chi connectivity index (χ3n) is 6.87. The zero-order chi connectivity index (χ0) is 21.2. The molecule has 160 valence electrons. The standard InChI is InChI=1S/C24H32N4O2/c1-24(2,3)12-16-10-19(25-22-21(16)26-23(30)27(22)4)18-11-17-8-7-15(18)13-28(17)20(29)9-14-5-6-14/h10-11,14-15,17H,5-9,12-13H2,1-4H3,(H,26,30). The van der Waals surface area contributed by atoms with Crippen LogP contribution in [-0.2, 0) is 18.3 Å². The van der Waals surface area contributed by atoms with Crippen LogP contribution in [0.5, 0.6) is 0 Å². The van der Waals surface area contributed by atoms with Gasteiger partial charge in [0.25, 0.3) is 0 Å². The van der Waals surface area contributed by atoms with Gasteiger partial charge in [-0.05, 0) is 60.6 Å². The summed E-state index contributed by atoms with van der Waals surface area (Å²) in [6, 6.07) is 2.36. The van der Waals surface area contributed by atoms with E-state index in [2.05, 4.69) is 42.8 Å². The lowest BCUT2D eigenvalue weighted by molar-refractivity contribution is -0.135. The van der Waals surface area contributed by atoms with Gasteiger partial charge in [-0.15, -0.1) is 0 Å². The quantitative estimate of drug-likeness (QED) is 0.839. The van der Waals surface area contributed by atoms with Crippen LogP contribution < -0.4 is 5.69 Å². The van der Waals surface area contributed by atoms with E-state index < -0.39 is 0 Å².